The van der Waals surface area contributed by atoms with Crippen molar-refractivity contribution in [3.63, 3.8) is 0 Å². The highest BCUT2D eigenvalue weighted by molar-refractivity contribution is 5.31. The van der Waals surface area contributed by atoms with Gasteiger partial charge in [0.05, 0.1) is 0 Å². The van der Waals surface area contributed by atoms with Crippen molar-refractivity contribution in [2.45, 2.75) is 63.8 Å². The molecule has 0 amide bonds. The van der Waals surface area contributed by atoms with E-state index in [-0.39, 0.29) is 0 Å². The molecule has 1 saturated heterocycles. The molecule has 1 saturated carbocycles. The highest BCUT2D eigenvalue weighted by Gasteiger charge is 2.23. The van der Waals surface area contributed by atoms with Crippen LogP contribution in [0, 0.1) is 5.92 Å². The Morgan fingerprint density at radius 2 is 1.84 bits per heavy atom. The minimum Gasteiger partial charge on any atom is -0.314 e. The predicted molar refractivity (Wildman–Crippen MR) is 81.5 cm³/mol. The molecule has 0 radical (unpaired) electrons. The number of rotatable bonds is 3. The Bertz CT molecular complexity index is 398. The summed E-state index contributed by atoms with van der Waals surface area (Å²) in [6.07, 6.45) is 9.58. The quantitative estimate of drug-likeness (QED) is 0.852. The highest BCUT2D eigenvalue weighted by Crippen LogP contribution is 2.37. The SMILES string of the molecule is CC1CCC(c2ccccc2CC2CCCN2)CC1. The lowest BCUT2D eigenvalue weighted by molar-refractivity contribution is 0.346. The average Bonchev–Trinajstić information content (AvgIpc) is 2.93. The normalized spacial score (nSPS) is 31.5. The van der Waals surface area contributed by atoms with E-state index >= 15 is 0 Å². The molecule has 1 aromatic carbocycles. The van der Waals surface area contributed by atoms with Gasteiger partial charge in [-0.1, -0.05) is 44.0 Å². The molecular weight excluding hydrogens is 230 g/mol. The summed E-state index contributed by atoms with van der Waals surface area (Å²) in [7, 11) is 0. The summed E-state index contributed by atoms with van der Waals surface area (Å²) < 4.78 is 0. The fourth-order valence-electron chi connectivity index (χ4n) is 3.89. The van der Waals surface area contributed by atoms with Crippen molar-refractivity contribution in [1.29, 1.82) is 0 Å². The van der Waals surface area contributed by atoms with Crippen LogP contribution in [-0.2, 0) is 6.42 Å². The van der Waals surface area contributed by atoms with E-state index in [4.69, 9.17) is 0 Å². The van der Waals surface area contributed by atoms with Crippen LogP contribution in [0.5, 0.6) is 0 Å². The Hall–Kier alpha value is -0.820. The lowest BCUT2D eigenvalue weighted by Crippen LogP contribution is -2.24. The molecule has 1 aliphatic carbocycles. The molecule has 2 aliphatic rings. The molecule has 1 atom stereocenters. The van der Waals surface area contributed by atoms with E-state index in [0.29, 0.717) is 0 Å². The van der Waals surface area contributed by atoms with Gasteiger partial charge in [0.25, 0.3) is 0 Å². The first-order chi connectivity index (χ1) is 9.33. The van der Waals surface area contributed by atoms with Crippen LogP contribution in [0.3, 0.4) is 0 Å². The Morgan fingerprint density at radius 1 is 1.05 bits per heavy atom. The van der Waals surface area contributed by atoms with E-state index in [1.807, 2.05) is 0 Å². The number of hydrogen-bond donors (Lipinski definition) is 1. The molecule has 2 fully saturated rings. The molecular formula is C18H27N. The third-order valence-corrected chi connectivity index (χ3v) is 5.14. The van der Waals surface area contributed by atoms with Gasteiger partial charge < -0.3 is 5.32 Å². The Morgan fingerprint density at radius 3 is 2.58 bits per heavy atom. The van der Waals surface area contributed by atoms with Gasteiger partial charge in [0, 0.05) is 6.04 Å². The molecule has 1 unspecified atom stereocenters. The maximum atomic E-state index is 3.64. The van der Waals surface area contributed by atoms with E-state index in [9.17, 15) is 0 Å². The fraction of sp³-hybridized carbons (Fsp3) is 0.667. The number of hydrogen-bond acceptors (Lipinski definition) is 1. The molecule has 3 rings (SSSR count). The van der Waals surface area contributed by atoms with Crippen LogP contribution in [0.25, 0.3) is 0 Å². The molecule has 1 nitrogen and oxygen atoms in total. The first kappa shape index (κ1) is 13.2. The largest absolute Gasteiger partial charge is 0.314 e. The summed E-state index contributed by atoms with van der Waals surface area (Å²) in [6.45, 7) is 3.62. The second kappa shape index (κ2) is 6.09. The molecule has 1 heteroatoms. The van der Waals surface area contributed by atoms with Gasteiger partial charge >= 0.3 is 0 Å². The van der Waals surface area contributed by atoms with Gasteiger partial charge in [0.15, 0.2) is 0 Å². The van der Waals surface area contributed by atoms with Gasteiger partial charge in [-0.3, -0.25) is 0 Å². The van der Waals surface area contributed by atoms with Gasteiger partial charge in [-0.15, -0.1) is 0 Å². The van der Waals surface area contributed by atoms with Crippen LogP contribution in [0.1, 0.15) is 62.5 Å². The van der Waals surface area contributed by atoms with E-state index < -0.39 is 0 Å². The van der Waals surface area contributed by atoms with Crippen molar-refractivity contribution in [1.82, 2.24) is 5.32 Å². The molecule has 0 bridgehead atoms. The maximum absolute atomic E-state index is 3.64. The first-order valence-corrected chi connectivity index (χ1v) is 8.14. The summed E-state index contributed by atoms with van der Waals surface area (Å²) in [4.78, 5) is 0. The van der Waals surface area contributed by atoms with Crippen LogP contribution in [0.2, 0.25) is 0 Å². The second-order valence-electron chi connectivity index (χ2n) is 6.65. The summed E-state index contributed by atoms with van der Waals surface area (Å²) in [5.41, 5.74) is 3.27. The first-order valence-electron chi connectivity index (χ1n) is 8.14. The van der Waals surface area contributed by atoms with Crippen molar-refractivity contribution in [3.05, 3.63) is 35.4 Å². The van der Waals surface area contributed by atoms with Gasteiger partial charge in [-0.25, -0.2) is 0 Å². The van der Waals surface area contributed by atoms with Crippen molar-refractivity contribution < 1.29 is 0 Å². The van der Waals surface area contributed by atoms with Crippen LogP contribution in [-0.4, -0.2) is 12.6 Å². The lowest BCUT2D eigenvalue weighted by atomic mass is 9.77. The average molecular weight is 257 g/mol. The van der Waals surface area contributed by atoms with Crippen molar-refractivity contribution in [2.24, 2.45) is 5.92 Å². The maximum Gasteiger partial charge on any atom is 0.0108 e. The van der Waals surface area contributed by atoms with E-state index in [1.165, 1.54) is 51.5 Å². The van der Waals surface area contributed by atoms with Crippen molar-refractivity contribution in [3.8, 4) is 0 Å². The molecule has 1 N–H and O–H groups in total. The smallest absolute Gasteiger partial charge is 0.0108 e. The number of nitrogens with one attached hydrogen (secondary N) is 1. The van der Waals surface area contributed by atoms with Gasteiger partial charge in [-0.05, 0) is 61.6 Å². The summed E-state index contributed by atoms with van der Waals surface area (Å²) in [5, 5.41) is 3.64. The zero-order valence-electron chi connectivity index (χ0n) is 12.2. The Balaban J connectivity index is 1.73. The molecule has 0 spiro atoms. The molecule has 104 valence electrons. The van der Waals surface area contributed by atoms with Crippen LogP contribution in [0.4, 0.5) is 0 Å². The number of benzene rings is 1. The van der Waals surface area contributed by atoms with Crippen molar-refractivity contribution >= 4 is 0 Å². The van der Waals surface area contributed by atoms with Gasteiger partial charge in [-0.2, -0.15) is 0 Å². The van der Waals surface area contributed by atoms with Crippen LogP contribution in [0.15, 0.2) is 24.3 Å². The molecule has 1 aromatic rings. The monoisotopic (exact) mass is 257 g/mol. The standard InChI is InChI=1S/C18H27N/c1-14-8-10-15(11-9-14)18-7-3-2-5-16(18)13-17-6-4-12-19-17/h2-3,5,7,14-15,17,19H,4,6,8-13H2,1H3. The van der Waals surface area contributed by atoms with Crippen LogP contribution < -0.4 is 5.32 Å². The molecule has 19 heavy (non-hydrogen) atoms. The predicted octanol–water partition coefficient (Wildman–Crippen LogP) is 4.27. The third kappa shape index (κ3) is 3.20. The van der Waals surface area contributed by atoms with E-state index in [1.54, 1.807) is 11.1 Å². The summed E-state index contributed by atoms with van der Waals surface area (Å²) in [6, 6.07) is 9.94. The van der Waals surface area contributed by atoms with Gasteiger partial charge in [0.1, 0.15) is 0 Å². The van der Waals surface area contributed by atoms with E-state index in [2.05, 4.69) is 36.5 Å². The van der Waals surface area contributed by atoms with Crippen molar-refractivity contribution in [2.75, 3.05) is 6.54 Å². The highest BCUT2D eigenvalue weighted by atomic mass is 14.9. The zero-order valence-corrected chi connectivity index (χ0v) is 12.2. The van der Waals surface area contributed by atoms with E-state index in [0.717, 1.165) is 17.9 Å². The van der Waals surface area contributed by atoms with Crippen LogP contribution >= 0.6 is 0 Å². The zero-order chi connectivity index (χ0) is 13.1. The molecule has 1 heterocycles. The molecule has 0 aromatic heterocycles. The lowest BCUT2D eigenvalue weighted by Gasteiger charge is -2.28. The minimum absolute atomic E-state index is 0.726. The second-order valence-corrected chi connectivity index (χ2v) is 6.65. The third-order valence-electron chi connectivity index (χ3n) is 5.14. The Labute approximate surface area is 117 Å². The fourth-order valence-corrected chi connectivity index (χ4v) is 3.89. The molecule has 1 aliphatic heterocycles. The topological polar surface area (TPSA) is 12.0 Å². The summed E-state index contributed by atoms with van der Waals surface area (Å²) >= 11 is 0. The minimum atomic E-state index is 0.726. The van der Waals surface area contributed by atoms with Gasteiger partial charge in [0.2, 0.25) is 0 Å². The summed E-state index contributed by atoms with van der Waals surface area (Å²) in [5.74, 6) is 1.77. The Kier molecular flexibility index (Phi) is 4.22.